The number of rotatable bonds is 6. The third-order valence-electron chi connectivity index (χ3n) is 17.9. The first-order chi connectivity index (χ1) is 25.7. The highest BCUT2D eigenvalue weighted by Crippen LogP contribution is 2.79. The first-order valence-corrected chi connectivity index (χ1v) is 20.9. The molecule has 8 aliphatic rings. The molecular formula is C42H68O13. The van der Waals surface area contributed by atoms with E-state index in [1.54, 1.807) is 0 Å². The van der Waals surface area contributed by atoms with Gasteiger partial charge in [-0.25, -0.2) is 0 Å². The number of aliphatic hydroxyl groups excluding tert-OH is 8. The van der Waals surface area contributed by atoms with Crippen LogP contribution in [0.4, 0.5) is 0 Å². The van der Waals surface area contributed by atoms with Crippen molar-refractivity contribution in [1.29, 1.82) is 0 Å². The summed E-state index contributed by atoms with van der Waals surface area (Å²) in [4.78, 5) is 0. The van der Waals surface area contributed by atoms with Gasteiger partial charge in [0.1, 0.15) is 42.7 Å². The summed E-state index contributed by atoms with van der Waals surface area (Å²) >= 11 is 0. The molecule has 8 rings (SSSR count). The molecule has 8 N–H and O–H groups in total. The molecule has 0 unspecified atom stereocenters. The Morgan fingerprint density at radius 3 is 2.13 bits per heavy atom. The molecule has 314 valence electrons. The molecule has 0 radical (unpaired) electrons. The molecule has 0 aromatic carbocycles. The minimum atomic E-state index is -1.67. The number of hydrogen-bond donors (Lipinski definition) is 8. The zero-order valence-electron chi connectivity index (χ0n) is 33.7. The molecule has 3 saturated heterocycles. The Morgan fingerprint density at radius 1 is 0.727 bits per heavy atom. The van der Waals surface area contributed by atoms with Crippen LogP contribution in [0.1, 0.15) is 99.8 Å². The van der Waals surface area contributed by atoms with Gasteiger partial charge in [-0.05, 0) is 86.4 Å². The molecule has 21 atom stereocenters. The van der Waals surface area contributed by atoms with Crippen LogP contribution in [0.2, 0.25) is 0 Å². The highest BCUT2D eigenvalue weighted by atomic mass is 16.7. The van der Waals surface area contributed by atoms with Gasteiger partial charge in [0.05, 0.1) is 43.7 Å². The Hall–Kier alpha value is -0.780. The first-order valence-electron chi connectivity index (χ1n) is 20.9. The van der Waals surface area contributed by atoms with Crippen molar-refractivity contribution >= 4 is 0 Å². The molecule has 0 amide bonds. The van der Waals surface area contributed by atoms with E-state index in [1.165, 1.54) is 6.92 Å². The normalized spacial score (nSPS) is 59.7. The average molecular weight is 781 g/mol. The Balaban J connectivity index is 1.06. The van der Waals surface area contributed by atoms with E-state index in [2.05, 4.69) is 46.8 Å². The molecule has 2 bridgehead atoms. The summed E-state index contributed by atoms with van der Waals surface area (Å²) in [6, 6.07) is 0. The predicted molar refractivity (Wildman–Crippen MR) is 197 cm³/mol. The van der Waals surface area contributed by atoms with Crippen LogP contribution in [-0.4, -0.2) is 140 Å². The number of fused-ring (bicyclic) bond motifs is 4. The molecule has 3 aliphatic heterocycles. The summed E-state index contributed by atoms with van der Waals surface area (Å²) in [6.45, 7) is 15.2. The molecule has 13 heteroatoms. The van der Waals surface area contributed by atoms with Gasteiger partial charge in [-0.2, -0.15) is 0 Å². The minimum Gasteiger partial charge on any atom is -0.396 e. The Labute approximate surface area is 325 Å². The van der Waals surface area contributed by atoms with E-state index in [0.717, 1.165) is 38.5 Å². The van der Waals surface area contributed by atoms with E-state index in [9.17, 15) is 40.9 Å². The zero-order chi connectivity index (χ0) is 39.9. The lowest BCUT2D eigenvalue weighted by atomic mass is 9.32. The first kappa shape index (κ1) is 41.0. The second-order valence-corrected chi connectivity index (χ2v) is 21.0. The van der Waals surface area contributed by atoms with Crippen LogP contribution < -0.4 is 0 Å². The minimum absolute atomic E-state index is 0.0158. The van der Waals surface area contributed by atoms with E-state index in [-0.39, 0.29) is 51.4 Å². The smallest absolute Gasteiger partial charge is 0.187 e. The fourth-order valence-corrected chi connectivity index (χ4v) is 14.3. The maximum Gasteiger partial charge on any atom is 0.187 e. The average Bonchev–Trinajstić information content (AvgIpc) is 3.41. The standard InChI is InChI=1S/C42H68O13/c1-21-28(46)30(48)31(49)34(52-21)55-33-29(47)22(18-43)53-35(32(33)50)54-27-10-11-37(4)23(38(27,5)19-44)8-12-39(6)24(37)9-13-42-25-16-36(2,3)14-15-41(25,20-51-42)26(45)17-40(39,42)7/h9,13,21-35,43-50H,8,10-12,14-20H2,1-7H3/t21-,22-,23-,24+,25+,26-,27+,28-,29-,30+,31-,32-,33+,34+,35+,37+,38-,39-,40+,41-,42+/m0/s1. The van der Waals surface area contributed by atoms with Crippen molar-refractivity contribution < 1.29 is 64.5 Å². The molecule has 4 saturated carbocycles. The highest BCUT2D eigenvalue weighted by molar-refractivity contribution is 5.36. The van der Waals surface area contributed by atoms with Gasteiger partial charge in [0.2, 0.25) is 0 Å². The lowest BCUT2D eigenvalue weighted by molar-refractivity contribution is -0.368. The van der Waals surface area contributed by atoms with Gasteiger partial charge in [0.25, 0.3) is 0 Å². The molecule has 7 fully saturated rings. The number of ether oxygens (including phenoxy) is 5. The van der Waals surface area contributed by atoms with E-state index in [0.29, 0.717) is 19.4 Å². The monoisotopic (exact) mass is 780 g/mol. The van der Waals surface area contributed by atoms with Crippen molar-refractivity contribution in [3.63, 3.8) is 0 Å². The van der Waals surface area contributed by atoms with Crippen molar-refractivity contribution in [2.75, 3.05) is 19.8 Å². The van der Waals surface area contributed by atoms with Crippen molar-refractivity contribution in [3.8, 4) is 0 Å². The maximum atomic E-state index is 12.1. The summed E-state index contributed by atoms with van der Waals surface area (Å²) in [5.41, 5.74) is -2.00. The van der Waals surface area contributed by atoms with Crippen LogP contribution in [0.3, 0.4) is 0 Å². The van der Waals surface area contributed by atoms with Gasteiger partial charge in [-0.1, -0.05) is 53.7 Å². The van der Waals surface area contributed by atoms with Gasteiger partial charge in [-0.3, -0.25) is 0 Å². The number of aliphatic hydroxyl groups is 8. The van der Waals surface area contributed by atoms with Crippen molar-refractivity contribution in [3.05, 3.63) is 12.2 Å². The Morgan fingerprint density at radius 2 is 1.44 bits per heavy atom. The second kappa shape index (κ2) is 13.4. The number of hydrogen-bond acceptors (Lipinski definition) is 13. The van der Waals surface area contributed by atoms with E-state index < -0.39 is 91.2 Å². The molecule has 3 heterocycles. The summed E-state index contributed by atoms with van der Waals surface area (Å²) in [6.07, 6.45) is -3.55. The maximum absolute atomic E-state index is 12.1. The second-order valence-electron chi connectivity index (χ2n) is 21.0. The summed E-state index contributed by atoms with van der Waals surface area (Å²) < 4.78 is 31.2. The van der Waals surface area contributed by atoms with Crippen LogP contribution in [0.5, 0.6) is 0 Å². The topological polar surface area (TPSA) is 208 Å². The third-order valence-corrected chi connectivity index (χ3v) is 17.9. The highest BCUT2D eigenvalue weighted by Gasteiger charge is 2.79. The van der Waals surface area contributed by atoms with Gasteiger partial charge >= 0.3 is 0 Å². The quantitative estimate of drug-likeness (QED) is 0.143. The largest absolute Gasteiger partial charge is 0.396 e. The van der Waals surface area contributed by atoms with Crippen molar-refractivity contribution in [2.45, 2.75) is 179 Å². The van der Waals surface area contributed by atoms with E-state index in [1.807, 2.05) is 6.92 Å². The van der Waals surface area contributed by atoms with Gasteiger partial charge in [0.15, 0.2) is 12.6 Å². The van der Waals surface area contributed by atoms with E-state index >= 15 is 0 Å². The summed E-state index contributed by atoms with van der Waals surface area (Å²) in [5, 5.41) is 87.5. The Bertz CT molecular complexity index is 1490. The summed E-state index contributed by atoms with van der Waals surface area (Å²) in [7, 11) is 0. The third kappa shape index (κ3) is 5.44. The van der Waals surface area contributed by atoms with Crippen LogP contribution in [0.15, 0.2) is 12.2 Å². The molecule has 0 aromatic heterocycles. The van der Waals surface area contributed by atoms with E-state index in [4.69, 9.17) is 23.7 Å². The van der Waals surface area contributed by atoms with Crippen LogP contribution in [-0.2, 0) is 23.7 Å². The van der Waals surface area contributed by atoms with Crippen LogP contribution in [0, 0.1) is 50.2 Å². The fourth-order valence-electron chi connectivity index (χ4n) is 14.3. The van der Waals surface area contributed by atoms with Crippen LogP contribution in [0.25, 0.3) is 0 Å². The van der Waals surface area contributed by atoms with Crippen molar-refractivity contribution in [1.82, 2.24) is 0 Å². The van der Waals surface area contributed by atoms with Crippen LogP contribution >= 0.6 is 0 Å². The molecule has 55 heavy (non-hydrogen) atoms. The zero-order valence-corrected chi connectivity index (χ0v) is 33.7. The molecule has 5 aliphatic carbocycles. The molecule has 1 spiro atoms. The molecule has 0 aromatic rings. The lowest BCUT2D eigenvalue weighted by Crippen LogP contribution is -2.72. The fraction of sp³-hybridized carbons (Fsp3) is 0.952. The number of allylic oxidation sites excluding steroid dienone is 1. The van der Waals surface area contributed by atoms with Gasteiger partial charge < -0.3 is 64.5 Å². The van der Waals surface area contributed by atoms with Gasteiger partial charge in [-0.15, -0.1) is 0 Å². The predicted octanol–water partition coefficient (Wildman–Crippen LogP) is 1.78. The van der Waals surface area contributed by atoms with Gasteiger partial charge in [0, 0.05) is 22.2 Å². The van der Waals surface area contributed by atoms with Crippen molar-refractivity contribution in [2.24, 2.45) is 50.2 Å². The Kier molecular flexibility index (Phi) is 9.95. The SMILES string of the molecule is C[C@@H]1O[C@H](O[C@H]2[C@H](O)[C@@H](O[C@@H]3CC[C@]4(C)[C@H](CC[C@@]5(C)[C@@H]4C=C[C@@]46OC[C@]7(CCC(C)(C)C[C@H]74)[C@@H](O)C[C@]56C)[C@]3(C)CO)O[C@@H](CO)[C@@H]2O)[C@@H](O)[C@H](O)[C@H]1O. The summed E-state index contributed by atoms with van der Waals surface area (Å²) in [5.74, 6) is 0.401. The molecular weight excluding hydrogens is 712 g/mol. The molecule has 13 nitrogen and oxygen atoms in total. The lowest BCUT2D eigenvalue weighted by Gasteiger charge is -2.73.